The molecular formula is C11H7BrF2N2O2. The first-order valence-electron chi connectivity index (χ1n) is 4.91. The maximum absolute atomic E-state index is 13.7. The highest BCUT2D eigenvalue weighted by Gasteiger charge is 2.14. The lowest BCUT2D eigenvalue weighted by Crippen LogP contribution is -2.34. The Labute approximate surface area is 108 Å². The van der Waals surface area contributed by atoms with Crippen LogP contribution in [0.3, 0.4) is 0 Å². The van der Waals surface area contributed by atoms with Gasteiger partial charge in [0.05, 0.1) is 11.0 Å². The molecule has 0 atom stereocenters. The van der Waals surface area contributed by atoms with Crippen LogP contribution in [0.2, 0.25) is 0 Å². The SMILES string of the molecule is O=c1cc[nH]c(=O)n1Cc1c(F)ccc(Br)c1F. The van der Waals surface area contributed by atoms with Gasteiger partial charge in [-0.15, -0.1) is 0 Å². The number of rotatable bonds is 2. The minimum atomic E-state index is -0.829. The molecule has 1 aromatic heterocycles. The summed E-state index contributed by atoms with van der Waals surface area (Å²) in [6.07, 6.45) is 1.18. The normalized spacial score (nSPS) is 10.6. The van der Waals surface area contributed by atoms with Crippen molar-refractivity contribution in [1.29, 1.82) is 0 Å². The number of nitrogens with zero attached hydrogens (tertiary/aromatic N) is 1. The van der Waals surface area contributed by atoms with Gasteiger partial charge in [-0.2, -0.15) is 0 Å². The van der Waals surface area contributed by atoms with Crippen LogP contribution < -0.4 is 11.2 Å². The fourth-order valence-corrected chi connectivity index (χ4v) is 1.85. The second-order valence-corrected chi connectivity index (χ2v) is 4.38. The van der Waals surface area contributed by atoms with Crippen molar-refractivity contribution in [3.8, 4) is 0 Å². The van der Waals surface area contributed by atoms with E-state index in [2.05, 4.69) is 20.9 Å². The number of nitrogens with one attached hydrogen (secondary N) is 1. The molecule has 1 heterocycles. The summed E-state index contributed by atoms with van der Waals surface area (Å²) in [5, 5.41) is 0. The van der Waals surface area contributed by atoms with Crippen LogP contribution in [-0.4, -0.2) is 9.55 Å². The number of halogens is 3. The summed E-state index contributed by atoms with van der Waals surface area (Å²) in [6.45, 7) is -0.466. The highest BCUT2D eigenvalue weighted by atomic mass is 79.9. The van der Waals surface area contributed by atoms with Crippen LogP contribution in [0.25, 0.3) is 0 Å². The van der Waals surface area contributed by atoms with Crippen LogP contribution in [0.5, 0.6) is 0 Å². The van der Waals surface area contributed by atoms with E-state index in [1.54, 1.807) is 0 Å². The Balaban J connectivity index is 2.57. The van der Waals surface area contributed by atoms with E-state index >= 15 is 0 Å². The molecule has 0 spiro atoms. The minimum absolute atomic E-state index is 0.0688. The van der Waals surface area contributed by atoms with Gasteiger partial charge in [0.1, 0.15) is 11.6 Å². The largest absolute Gasteiger partial charge is 0.328 e. The van der Waals surface area contributed by atoms with Gasteiger partial charge in [0.2, 0.25) is 0 Å². The first-order chi connectivity index (χ1) is 8.50. The van der Waals surface area contributed by atoms with E-state index in [1.807, 2.05) is 0 Å². The number of hydrogen-bond donors (Lipinski definition) is 1. The molecule has 0 aliphatic heterocycles. The standard InChI is InChI=1S/C11H7BrF2N2O2/c12-7-1-2-8(13)6(10(7)14)5-16-9(17)3-4-15-11(16)18/h1-4H,5H2,(H,15,18). The van der Waals surface area contributed by atoms with Crippen LogP contribution >= 0.6 is 15.9 Å². The monoisotopic (exact) mass is 316 g/mol. The van der Waals surface area contributed by atoms with Crippen molar-refractivity contribution in [3.05, 3.63) is 66.9 Å². The molecule has 18 heavy (non-hydrogen) atoms. The third-order valence-electron chi connectivity index (χ3n) is 2.40. The molecule has 94 valence electrons. The van der Waals surface area contributed by atoms with E-state index in [-0.39, 0.29) is 10.0 Å². The lowest BCUT2D eigenvalue weighted by Gasteiger charge is -2.07. The molecule has 0 saturated heterocycles. The summed E-state index contributed by atoms with van der Waals surface area (Å²) < 4.78 is 28.0. The molecule has 1 aromatic carbocycles. The Bertz CT molecular complexity index is 681. The van der Waals surface area contributed by atoms with Crippen LogP contribution in [0, 0.1) is 11.6 Å². The fraction of sp³-hybridized carbons (Fsp3) is 0.0909. The maximum Gasteiger partial charge on any atom is 0.328 e. The van der Waals surface area contributed by atoms with Crippen molar-refractivity contribution in [1.82, 2.24) is 9.55 Å². The highest BCUT2D eigenvalue weighted by molar-refractivity contribution is 9.10. The second-order valence-electron chi connectivity index (χ2n) is 3.53. The third-order valence-corrected chi connectivity index (χ3v) is 3.01. The van der Waals surface area contributed by atoms with Crippen molar-refractivity contribution in [2.45, 2.75) is 6.54 Å². The van der Waals surface area contributed by atoms with Crippen molar-refractivity contribution in [2.24, 2.45) is 0 Å². The number of H-pyrrole nitrogens is 1. The van der Waals surface area contributed by atoms with Crippen molar-refractivity contribution in [2.75, 3.05) is 0 Å². The molecule has 1 N–H and O–H groups in total. The van der Waals surface area contributed by atoms with E-state index in [0.717, 1.165) is 12.1 Å². The number of aromatic amines is 1. The van der Waals surface area contributed by atoms with Crippen LogP contribution in [-0.2, 0) is 6.54 Å². The van der Waals surface area contributed by atoms with Gasteiger partial charge in [0.25, 0.3) is 5.56 Å². The number of hydrogen-bond acceptors (Lipinski definition) is 2. The van der Waals surface area contributed by atoms with Crippen LogP contribution in [0.15, 0.2) is 38.5 Å². The average molecular weight is 317 g/mol. The van der Waals surface area contributed by atoms with Crippen molar-refractivity contribution >= 4 is 15.9 Å². The zero-order valence-corrected chi connectivity index (χ0v) is 10.5. The summed E-state index contributed by atoms with van der Waals surface area (Å²) in [5.41, 5.74) is -1.69. The summed E-state index contributed by atoms with van der Waals surface area (Å²) >= 11 is 2.92. The Morgan fingerprint density at radius 3 is 2.61 bits per heavy atom. The molecule has 7 heteroatoms. The van der Waals surface area contributed by atoms with Crippen molar-refractivity contribution < 1.29 is 8.78 Å². The minimum Gasteiger partial charge on any atom is -0.314 e. The summed E-state index contributed by atoms with van der Waals surface area (Å²) in [4.78, 5) is 25.1. The summed E-state index contributed by atoms with van der Waals surface area (Å²) in [6, 6.07) is 3.38. The zero-order chi connectivity index (χ0) is 13.3. The topological polar surface area (TPSA) is 54.9 Å². The molecule has 0 aliphatic rings. The van der Waals surface area contributed by atoms with Gasteiger partial charge in [0.15, 0.2) is 0 Å². The Morgan fingerprint density at radius 1 is 1.22 bits per heavy atom. The zero-order valence-electron chi connectivity index (χ0n) is 8.91. The molecule has 2 rings (SSSR count). The fourth-order valence-electron chi connectivity index (χ4n) is 1.47. The van der Waals surface area contributed by atoms with E-state index in [4.69, 9.17) is 0 Å². The predicted octanol–water partition coefficient (Wildman–Crippen LogP) is 1.63. The molecule has 0 fully saturated rings. The molecule has 0 unspecified atom stereocenters. The van der Waals surface area contributed by atoms with Crippen LogP contribution in [0.4, 0.5) is 8.78 Å². The van der Waals surface area contributed by atoms with E-state index < -0.39 is 29.4 Å². The average Bonchev–Trinajstić information content (AvgIpc) is 2.33. The molecule has 4 nitrogen and oxygen atoms in total. The van der Waals surface area contributed by atoms with Crippen LogP contribution in [0.1, 0.15) is 5.56 Å². The molecule has 0 amide bonds. The summed E-state index contributed by atoms with van der Waals surface area (Å²) in [5.74, 6) is -1.64. The molecule has 0 bridgehead atoms. The quantitative estimate of drug-likeness (QED) is 0.856. The van der Waals surface area contributed by atoms with Gasteiger partial charge in [-0.25, -0.2) is 13.6 Å². The maximum atomic E-state index is 13.7. The van der Waals surface area contributed by atoms with Gasteiger partial charge in [-0.05, 0) is 28.1 Å². The van der Waals surface area contributed by atoms with Gasteiger partial charge >= 0.3 is 5.69 Å². The van der Waals surface area contributed by atoms with Gasteiger partial charge in [0, 0.05) is 17.8 Å². The second kappa shape index (κ2) is 4.85. The molecule has 2 aromatic rings. The lowest BCUT2D eigenvalue weighted by molar-refractivity contribution is 0.532. The number of aromatic nitrogens is 2. The molecular weight excluding hydrogens is 310 g/mol. The third kappa shape index (κ3) is 2.26. The van der Waals surface area contributed by atoms with E-state index in [1.165, 1.54) is 12.3 Å². The highest BCUT2D eigenvalue weighted by Crippen LogP contribution is 2.21. The van der Waals surface area contributed by atoms with Gasteiger partial charge < -0.3 is 4.98 Å². The first kappa shape index (κ1) is 12.7. The van der Waals surface area contributed by atoms with Crippen molar-refractivity contribution in [3.63, 3.8) is 0 Å². The molecule has 0 aliphatic carbocycles. The van der Waals surface area contributed by atoms with Gasteiger partial charge in [-0.3, -0.25) is 9.36 Å². The molecule has 0 radical (unpaired) electrons. The lowest BCUT2D eigenvalue weighted by atomic mass is 10.2. The molecule has 0 saturated carbocycles. The predicted molar refractivity (Wildman–Crippen MR) is 64.5 cm³/mol. The Kier molecular flexibility index (Phi) is 3.42. The smallest absolute Gasteiger partial charge is 0.314 e. The Hall–Kier alpha value is -1.76. The summed E-state index contributed by atoms with van der Waals surface area (Å²) in [7, 11) is 0. The van der Waals surface area contributed by atoms with E-state index in [9.17, 15) is 18.4 Å². The van der Waals surface area contributed by atoms with Gasteiger partial charge in [-0.1, -0.05) is 0 Å². The van der Waals surface area contributed by atoms with E-state index in [0.29, 0.717) is 4.57 Å². The number of benzene rings is 1. The first-order valence-corrected chi connectivity index (χ1v) is 5.71. The Morgan fingerprint density at radius 2 is 1.94 bits per heavy atom.